The van der Waals surface area contributed by atoms with Gasteiger partial charge in [-0.2, -0.15) is 4.98 Å². The lowest BCUT2D eigenvalue weighted by molar-refractivity contribution is -0.130. The normalized spacial score (nSPS) is 16.2. The van der Waals surface area contributed by atoms with E-state index in [1.807, 2.05) is 31.2 Å². The van der Waals surface area contributed by atoms with Crippen LogP contribution in [0.1, 0.15) is 37.3 Å². The Bertz CT molecular complexity index is 1040. The molecule has 1 fully saturated rings. The van der Waals surface area contributed by atoms with E-state index in [9.17, 15) is 9.18 Å². The molecule has 0 spiro atoms. The monoisotopic (exact) mass is 411 g/mol. The predicted octanol–water partition coefficient (Wildman–Crippen LogP) is 4.15. The first-order chi connectivity index (χ1) is 14.6. The van der Waals surface area contributed by atoms with Crippen molar-refractivity contribution >= 4 is 5.91 Å². The number of carbonyl (C=O) groups excluding carboxylic acids is 1. The van der Waals surface area contributed by atoms with Crippen LogP contribution in [0.2, 0.25) is 0 Å². The molecular formula is C22H22FN3O4. The molecule has 0 radical (unpaired) electrons. The number of likely N-dealkylation sites (tertiary alicyclic amines) is 1. The van der Waals surface area contributed by atoms with Gasteiger partial charge in [-0.3, -0.25) is 4.79 Å². The highest BCUT2D eigenvalue weighted by Gasteiger charge is 2.36. The fraction of sp³-hybridized carbons (Fsp3) is 0.318. The molecule has 8 heteroatoms. The van der Waals surface area contributed by atoms with Crippen molar-refractivity contribution < 1.29 is 23.2 Å². The van der Waals surface area contributed by atoms with Crippen LogP contribution in [0.4, 0.5) is 4.39 Å². The van der Waals surface area contributed by atoms with E-state index in [-0.39, 0.29) is 24.2 Å². The Hall–Kier alpha value is -3.42. The minimum atomic E-state index is -0.464. The van der Waals surface area contributed by atoms with Crippen LogP contribution in [-0.2, 0) is 11.3 Å². The number of hydrogen-bond donors (Lipinski definition) is 0. The molecule has 1 aliphatic heterocycles. The third kappa shape index (κ3) is 3.98. The second-order valence-corrected chi connectivity index (χ2v) is 6.96. The summed E-state index contributed by atoms with van der Waals surface area (Å²) in [6.07, 6.45) is 0.951. The van der Waals surface area contributed by atoms with Gasteiger partial charge >= 0.3 is 0 Å². The fourth-order valence-electron chi connectivity index (χ4n) is 3.55. The van der Waals surface area contributed by atoms with Gasteiger partial charge < -0.3 is 18.9 Å². The number of rotatable bonds is 7. The highest BCUT2D eigenvalue weighted by Crippen LogP contribution is 2.34. The molecule has 0 N–H and O–H groups in total. The van der Waals surface area contributed by atoms with Crippen molar-refractivity contribution in [1.29, 1.82) is 0 Å². The SMILES string of the molecule is CCOc1ccc(-c2noc(C3CCC(=O)N3Cc3ccc(OC)c(F)c3)n2)cc1. The number of ether oxygens (including phenoxy) is 2. The standard InChI is InChI=1S/C22H22FN3O4/c1-3-29-16-7-5-15(6-8-16)21-24-22(30-25-21)18-9-11-20(27)26(18)13-14-4-10-19(28-2)17(23)12-14/h4-8,10,12,18H,3,9,11,13H2,1-2H3. The van der Waals surface area contributed by atoms with Crippen LogP contribution < -0.4 is 9.47 Å². The molecule has 1 aromatic heterocycles. The van der Waals surface area contributed by atoms with Crippen LogP contribution in [0.15, 0.2) is 47.0 Å². The summed E-state index contributed by atoms with van der Waals surface area (Å²) in [4.78, 5) is 18.6. The molecule has 1 aliphatic rings. The average molecular weight is 411 g/mol. The number of nitrogens with zero attached hydrogens (tertiary/aromatic N) is 3. The minimum absolute atomic E-state index is 0.0305. The average Bonchev–Trinajstić information content (AvgIpc) is 3.36. The van der Waals surface area contributed by atoms with Crippen LogP contribution >= 0.6 is 0 Å². The van der Waals surface area contributed by atoms with Crippen LogP contribution in [-0.4, -0.2) is 34.7 Å². The predicted molar refractivity (Wildman–Crippen MR) is 106 cm³/mol. The molecule has 156 valence electrons. The quantitative estimate of drug-likeness (QED) is 0.581. The maximum Gasteiger partial charge on any atom is 0.249 e. The summed E-state index contributed by atoms with van der Waals surface area (Å²) in [5, 5.41) is 4.07. The zero-order chi connectivity index (χ0) is 21.1. The summed E-state index contributed by atoms with van der Waals surface area (Å²) in [5.41, 5.74) is 1.46. The summed E-state index contributed by atoms with van der Waals surface area (Å²) in [7, 11) is 1.41. The minimum Gasteiger partial charge on any atom is -0.494 e. The van der Waals surface area contributed by atoms with Crippen molar-refractivity contribution in [2.24, 2.45) is 0 Å². The Morgan fingerprint density at radius 1 is 1.23 bits per heavy atom. The van der Waals surface area contributed by atoms with Gasteiger partial charge in [-0.05, 0) is 55.3 Å². The highest BCUT2D eigenvalue weighted by atomic mass is 19.1. The van der Waals surface area contributed by atoms with Crippen molar-refractivity contribution in [1.82, 2.24) is 15.0 Å². The molecule has 3 aromatic rings. The molecule has 1 unspecified atom stereocenters. The molecule has 2 heterocycles. The molecule has 4 rings (SSSR count). The Morgan fingerprint density at radius 3 is 2.73 bits per heavy atom. The number of hydrogen-bond acceptors (Lipinski definition) is 6. The zero-order valence-electron chi connectivity index (χ0n) is 16.8. The Balaban J connectivity index is 1.53. The van der Waals surface area contributed by atoms with Crippen molar-refractivity contribution in [2.45, 2.75) is 32.4 Å². The first-order valence-corrected chi connectivity index (χ1v) is 9.77. The highest BCUT2D eigenvalue weighted by molar-refractivity contribution is 5.78. The van der Waals surface area contributed by atoms with E-state index in [1.165, 1.54) is 13.2 Å². The van der Waals surface area contributed by atoms with Crippen LogP contribution in [0.5, 0.6) is 11.5 Å². The van der Waals surface area contributed by atoms with Crippen molar-refractivity contribution in [2.75, 3.05) is 13.7 Å². The number of carbonyl (C=O) groups is 1. The van der Waals surface area contributed by atoms with E-state index in [0.29, 0.717) is 36.7 Å². The number of aromatic nitrogens is 2. The summed E-state index contributed by atoms with van der Waals surface area (Å²) in [6, 6.07) is 11.7. The third-order valence-electron chi connectivity index (χ3n) is 5.05. The van der Waals surface area contributed by atoms with Crippen LogP contribution in [0.25, 0.3) is 11.4 Å². The number of methoxy groups -OCH3 is 1. The summed E-state index contributed by atoms with van der Waals surface area (Å²) >= 11 is 0. The zero-order valence-corrected chi connectivity index (χ0v) is 16.8. The van der Waals surface area contributed by atoms with Crippen LogP contribution in [0, 0.1) is 5.82 Å². The maximum absolute atomic E-state index is 14.0. The van der Waals surface area contributed by atoms with E-state index < -0.39 is 5.82 Å². The molecular weight excluding hydrogens is 389 g/mol. The smallest absolute Gasteiger partial charge is 0.249 e. The van der Waals surface area contributed by atoms with Gasteiger partial charge in [-0.1, -0.05) is 11.2 Å². The molecule has 7 nitrogen and oxygen atoms in total. The summed E-state index contributed by atoms with van der Waals surface area (Å²) < 4.78 is 29.9. The van der Waals surface area contributed by atoms with Gasteiger partial charge in [0.15, 0.2) is 11.6 Å². The summed E-state index contributed by atoms with van der Waals surface area (Å²) in [5.74, 6) is 1.26. The lowest BCUT2D eigenvalue weighted by Crippen LogP contribution is -2.27. The van der Waals surface area contributed by atoms with E-state index in [1.54, 1.807) is 17.0 Å². The number of amides is 1. The second kappa shape index (κ2) is 8.52. The van der Waals surface area contributed by atoms with Crippen molar-refractivity contribution in [3.63, 3.8) is 0 Å². The third-order valence-corrected chi connectivity index (χ3v) is 5.05. The molecule has 1 atom stereocenters. The van der Waals surface area contributed by atoms with Crippen molar-refractivity contribution in [3.8, 4) is 22.9 Å². The van der Waals surface area contributed by atoms with Gasteiger partial charge in [-0.25, -0.2) is 4.39 Å². The largest absolute Gasteiger partial charge is 0.494 e. The molecule has 2 aromatic carbocycles. The Labute approximate surface area is 173 Å². The molecule has 1 amide bonds. The molecule has 0 aliphatic carbocycles. The first kappa shape index (κ1) is 19.9. The van der Waals surface area contributed by atoms with Gasteiger partial charge in [0.1, 0.15) is 11.8 Å². The van der Waals surface area contributed by atoms with E-state index in [4.69, 9.17) is 14.0 Å². The van der Waals surface area contributed by atoms with E-state index in [2.05, 4.69) is 10.1 Å². The maximum atomic E-state index is 14.0. The lowest BCUT2D eigenvalue weighted by Gasteiger charge is -2.22. The lowest BCUT2D eigenvalue weighted by atomic mass is 10.1. The number of benzene rings is 2. The second-order valence-electron chi connectivity index (χ2n) is 6.96. The van der Waals surface area contributed by atoms with Crippen molar-refractivity contribution in [3.05, 3.63) is 59.7 Å². The van der Waals surface area contributed by atoms with Gasteiger partial charge in [-0.15, -0.1) is 0 Å². The Kier molecular flexibility index (Phi) is 5.65. The molecule has 0 saturated carbocycles. The van der Waals surface area contributed by atoms with Gasteiger partial charge in [0.05, 0.1) is 13.7 Å². The Morgan fingerprint density at radius 2 is 2.03 bits per heavy atom. The van der Waals surface area contributed by atoms with Crippen LogP contribution in [0.3, 0.4) is 0 Å². The topological polar surface area (TPSA) is 77.7 Å². The van der Waals surface area contributed by atoms with Gasteiger partial charge in [0.25, 0.3) is 0 Å². The van der Waals surface area contributed by atoms with E-state index in [0.717, 1.165) is 11.3 Å². The van der Waals surface area contributed by atoms with E-state index >= 15 is 0 Å². The molecule has 1 saturated heterocycles. The van der Waals surface area contributed by atoms with Gasteiger partial charge in [0, 0.05) is 18.5 Å². The van der Waals surface area contributed by atoms with Gasteiger partial charge in [0.2, 0.25) is 17.6 Å². The summed E-state index contributed by atoms with van der Waals surface area (Å²) in [6.45, 7) is 2.77. The number of halogens is 1. The fourth-order valence-corrected chi connectivity index (χ4v) is 3.55. The molecule has 0 bridgehead atoms. The molecule has 30 heavy (non-hydrogen) atoms. The first-order valence-electron chi connectivity index (χ1n) is 9.77.